The molecule has 3 aromatic rings. The molecule has 3 aromatic heterocycles. The van der Waals surface area contributed by atoms with Crippen LogP contribution in [0.5, 0.6) is 0 Å². The van der Waals surface area contributed by atoms with Gasteiger partial charge in [-0.15, -0.1) is 22.7 Å². The third-order valence-corrected chi connectivity index (χ3v) is 5.69. The van der Waals surface area contributed by atoms with E-state index in [1.165, 1.54) is 16.2 Å². The fourth-order valence-electron chi connectivity index (χ4n) is 2.69. The summed E-state index contributed by atoms with van der Waals surface area (Å²) in [6, 6.07) is 6.09. The number of fused-ring (bicyclic) bond motifs is 1. The molecule has 0 fully saturated rings. The molecule has 0 saturated carbocycles. The average Bonchev–Trinajstić information content (AvgIpc) is 3.08. The minimum Gasteiger partial charge on any atom is -0.303 e. The number of nitrogens with one attached hydrogen (secondary N) is 1. The van der Waals surface area contributed by atoms with Crippen LogP contribution in [0.4, 0.5) is 0 Å². The highest BCUT2D eigenvalue weighted by Gasteiger charge is 2.26. The quantitative estimate of drug-likeness (QED) is 0.776. The van der Waals surface area contributed by atoms with Crippen LogP contribution in [-0.4, -0.2) is 9.38 Å². The van der Waals surface area contributed by atoms with E-state index in [-0.39, 0.29) is 17.0 Å². The van der Waals surface area contributed by atoms with Gasteiger partial charge in [0.1, 0.15) is 0 Å². The van der Waals surface area contributed by atoms with Gasteiger partial charge in [0.05, 0.1) is 5.69 Å². The van der Waals surface area contributed by atoms with Crippen LogP contribution in [-0.2, 0) is 6.54 Å². The third-order valence-electron chi connectivity index (χ3n) is 3.81. The van der Waals surface area contributed by atoms with E-state index < -0.39 is 0 Å². The molecule has 0 spiro atoms. The van der Waals surface area contributed by atoms with Crippen molar-refractivity contribution in [2.75, 3.05) is 0 Å². The van der Waals surface area contributed by atoms with Crippen LogP contribution in [0.3, 0.4) is 0 Å². The van der Waals surface area contributed by atoms with Crippen LogP contribution in [0.15, 0.2) is 33.8 Å². The summed E-state index contributed by atoms with van der Waals surface area (Å²) in [5, 5.41) is 7.64. The first kappa shape index (κ1) is 16.4. The van der Waals surface area contributed by atoms with E-state index >= 15 is 0 Å². The molecule has 0 saturated heterocycles. The van der Waals surface area contributed by atoms with Gasteiger partial charge in [0.25, 0.3) is 5.56 Å². The molecule has 4 nitrogen and oxygen atoms in total. The number of hydrogen-bond acceptors (Lipinski definition) is 5. The van der Waals surface area contributed by atoms with Crippen LogP contribution >= 0.6 is 22.7 Å². The van der Waals surface area contributed by atoms with Crippen LogP contribution in [0, 0.1) is 12.3 Å². The summed E-state index contributed by atoms with van der Waals surface area (Å²) >= 11 is 3.26. The highest BCUT2D eigenvalue weighted by Crippen LogP contribution is 2.35. The van der Waals surface area contributed by atoms with Crippen molar-refractivity contribution in [3.05, 3.63) is 55.6 Å². The first-order valence-corrected chi connectivity index (χ1v) is 9.36. The fourth-order valence-corrected chi connectivity index (χ4v) is 4.62. The second-order valence-electron chi connectivity index (χ2n) is 6.78. The largest absolute Gasteiger partial charge is 0.303 e. The van der Waals surface area contributed by atoms with Crippen molar-refractivity contribution in [2.24, 2.45) is 5.41 Å². The topological polar surface area (TPSA) is 46.4 Å². The number of aromatic nitrogens is 2. The molecule has 1 atom stereocenters. The van der Waals surface area contributed by atoms with Crippen LogP contribution < -0.4 is 10.9 Å². The summed E-state index contributed by atoms with van der Waals surface area (Å²) in [6.45, 7) is 9.18. The Bertz CT molecular complexity index is 856. The van der Waals surface area contributed by atoms with Gasteiger partial charge in [-0.3, -0.25) is 9.20 Å². The number of thiazole rings is 1. The standard InChI is InChI=1S/C17H21N3OS2/c1-11-10-23-16-19-12(8-14(21)20(11)16)9-18-15(17(2,3)4)13-6-5-7-22-13/h5-8,10,15,18H,9H2,1-4H3. The molecule has 0 aliphatic rings. The van der Waals surface area contributed by atoms with Gasteiger partial charge in [0.15, 0.2) is 4.96 Å². The molecule has 0 aliphatic heterocycles. The lowest BCUT2D eigenvalue weighted by atomic mass is 9.85. The lowest BCUT2D eigenvalue weighted by Crippen LogP contribution is -2.32. The Kier molecular flexibility index (Phi) is 4.40. The van der Waals surface area contributed by atoms with E-state index in [4.69, 9.17) is 0 Å². The summed E-state index contributed by atoms with van der Waals surface area (Å²) in [7, 11) is 0. The fraction of sp³-hybridized carbons (Fsp3) is 0.412. The average molecular weight is 348 g/mol. The van der Waals surface area contributed by atoms with Gasteiger partial charge in [-0.05, 0) is 23.8 Å². The van der Waals surface area contributed by atoms with Gasteiger partial charge in [-0.2, -0.15) is 0 Å². The Labute approximate surface area is 143 Å². The zero-order chi connectivity index (χ0) is 16.6. The third kappa shape index (κ3) is 3.39. The number of aryl methyl sites for hydroxylation is 1. The van der Waals surface area contributed by atoms with E-state index in [1.54, 1.807) is 21.8 Å². The molecule has 3 heterocycles. The number of thiophene rings is 1. The van der Waals surface area contributed by atoms with Gasteiger partial charge in [-0.1, -0.05) is 26.8 Å². The monoisotopic (exact) mass is 347 g/mol. The normalized spacial score (nSPS) is 13.6. The summed E-state index contributed by atoms with van der Waals surface area (Å²) in [5.74, 6) is 0. The van der Waals surface area contributed by atoms with Gasteiger partial charge >= 0.3 is 0 Å². The number of nitrogens with zero attached hydrogens (tertiary/aromatic N) is 2. The van der Waals surface area contributed by atoms with Crippen molar-refractivity contribution >= 4 is 27.6 Å². The lowest BCUT2D eigenvalue weighted by molar-refractivity contribution is 0.274. The van der Waals surface area contributed by atoms with Crippen LogP contribution in [0.1, 0.15) is 43.1 Å². The molecule has 0 bridgehead atoms. The second-order valence-corrected chi connectivity index (χ2v) is 8.59. The van der Waals surface area contributed by atoms with Crippen molar-refractivity contribution in [1.82, 2.24) is 14.7 Å². The molecule has 1 unspecified atom stereocenters. The Morgan fingerprint density at radius 3 is 2.78 bits per heavy atom. The van der Waals surface area contributed by atoms with Gasteiger partial charge < -0.3 is 5.32 Å². The molecule has 0 amide bonds. The second kappa shape index (κ2) is 6.19. The first-order valence-electron chi connectivity index (χ1n) is 7.60. The van der Waals surface area contributed by atoms with E-state index in [1.807, 2.05) is 12.3 Å². The number of rotatable bonds is 4. The summed E-state index contributed by atoms with van der Waals surface area (Å²) < 4.78 is 1.66. The number of hydrogen-bond donors (Lipinski definition) is 1. The van der Waals surface area contributed by atoms with E-state index in [2.05, 4.69) is 48.6 Å². The molecule has 122 valence electrons. The zero-order valence-electron chi connectivity index (χ0n) is 13.8. The van der Waals surface area contributed by atoms with Crippen molar-refractivity contribution < 1.29 is 0 Å². The van der Waals surface area contributed by atoms with E-state index in [0.29, 0.717) is 6.54 Å². The SMILES string of the molecule is Cc1csc2nc(CNC(c3cccs3)C(C)(C)C)cc(=O)n12. The molecular formula is C17H21N3OS2. The minimum atomic E-state index is -0.00557. The highest BCUT2D eigenvalue weighted by molar-refractivity contribution is 7.15. The summed E-state index contributed by atoms with van der Waals surface area (Å²) in [4.78, 5) is 18.9. The Morgan fingerprint density at radius 2 is 2.13 bits per heavy atom. The Balaban J connectivity index is 1.85. The Morgan fingerprint density at radius 1 is 1.35 bits per heavy atom. The maximum Gasteiger partial charge on any atom is 0.259 e. The molecule has 0 radical (unpaired) electrons. The summed E-state index contributed by atoms with van der Waals surface area (Å²) in [6.07, 6.45) is 0. The molecular weight excluding hydrogens is 326 g/mol. The minimum absolute atomic E-state index is 0.00557. The van der Waals surface area contributed by atoms with Gasteiger partial charge in [0, 0.05) is 34.6 Å². The maximum absolute atomic E-state index is 12.3. The predicted molar refractivity (Wildman–Crippen MR) is 97.4 cm³/mol. The Hall–Kier alpha value is -1.50. The van der Waals surface area contributed by atoms with Crippen LogP contribution in [0.25, 0.3) is 4.96 Å². The van der Waals surface area contributed by atoms with E-state index in [0.717, 1.165) is 16.3 Å². The van der Waals surface area contributed by atoms with Crippen molar-refractivity contribution in [2.45, 2.75) is 40.3 Å². The predicted octanol–water partition coefficient (Wildman–Crippen LogP) is 4.00. The molecule has 6 heteroatoms. The molecule has 23 heavy (non-hydrogen) atoms. The molecule has 0 aromatic carbocycles. The van der Waals surface area contributed by atoms with Crippen molar-refractivity contribution in [3.63, 3.8) is 0 Å². The first-order chi connectivity index (χ1) is 10.9. The van der Waals surface area contributed by atoms with E-state index in [9.17, 15) is 4.79 Å². The molecule has 0 aliphatic carbocycles. The zero-order valence-corrected chi connectivity index (χ0v) is 15.4. The van der Waals surface area contributed by atoms with Gasteiger partial charge in [0.2, 0.25) is 0 Å². The van der Waals surface area contributed by atoms with Crippen LogP contribution in [0.2, 0.25) is 0 Å². The molecule has 3 rings (SSSR count). The van der Waals surface area contributed by atoms with Gasteiger partial charge in [-0.25, -0.2) is 4.98 Å². The highest BCUT2D eigenvalue weighted by atomic mass is 32.1. The lowest BCUT2D eigenvalue weighted by Gasteiger charge is -2.31. The summed E-state index contributed by atoms with van der Waals surface area (Å²) in [5.41, 5.74) is 1.81. The maximum atomic E-state index is 12.3. The van der Waals surface area contributed by atoms with Crippen molar-refractivity contribution in [1.29, 1.82) is 0 Å². The van der Waals surface area contributed by atoms with Crippen molar-refractivity contribution in [3.8, 4) is 0 Å². The molecule has 1 N–H and O–H groups in total. The smallest absolute Gasteiger partial charge is 0.259 e.